The number of benzene rings is 2. The van der Waals surface area contributed by atoms with E-state index in [1.807, 2.05) is 30.3 Å². The molecular weight excluding hydrogens is 385 g/mol. The Hall–Kier alpha value is -3.87. The van der Waals surface area contributed by atoms with Crippen LogP contribution in [0.4, 0.5) is 4.39 Å². The van der Waals surface area contributed by atoms with Crippen LogP contribution >= 0.6 is 0 Å². The van der Waals surface area contributed by atoms with Crippen molar-refractivity contribution in [1.29, 1.82) is 0 Å². The lowest BCUT2D eigenvalue weighted by molar-refractivity contribution is 0.0765. The Labute approximate surface area is 173 Å². The van der Waals surface area contributed by atoms with Gasteiger partial charge in [-0.2, -0.15) is 5.10 Å². The molecule has 4 aromatic rings. The van der Waals surface area contributed by atoms with Crippen molar-refractivity contribution in [3.8, 4) is 22.9 Å². The molecule has 0 bridgehead atoms. The first-order chi connectivity index (χ1) is 14.6. The van der Waals surface area contributed by atoms with E-state index >= 15 is 0 Å². The second kappa shape index (κ2) is 8.65. The van der Waals surface area contributed by atoms with Crippen LogP contribution in [0, 0.1) is 5.82 Å². The number of hydrogen-bond donors (Lipinski definition) is 0. The molecule has 0 atom stereocenters. The zero-order valence-electron chi connectivity index (χ0n) is 16.4. The molecule has 7 heteroatoms. The van der Waals surface area contributed by atoms with E-state index in [1.165, 1.54) is 12.1 Å². The van der Waals surface area contributed by atoms with Crippen LogP contribution in [-0.4, -0.2) is 40.8 Å². The maximum atomic E-state index is 13.1. The van der Waals surface area contributed by atoms with E-state index < -0.39 is 0 Å². The summed E-state index contributed by atoms with van der Waals surface area (Å²) in [6.45, 7) is 0.630. The third kappa shape index (κ3) is 4.25. The second-order valence-corrected chi connectivity index (χ2v) is 6.67. The van der Waals surface area contributed by atoms with Crippen molar-refractivity contribution in [2.45, 2.75) is 0 Å². The van der Waals surface area contributed by atoms with Crippen LogP contribution in [-0.2, 0) is 0 Å². The highest BCUT2D eigenvalue weighted by atomic mass is 19.1. The molecule has 30 heavy (non-hydrogen) atoms. The first kappa shape index (κ1) is 19.4. The number of furan rings is 1. The second-order valence-electron chi connectivity index (χ2n) is 6.67. The van der Waals surface area contributed by atoms with Crippen LogP contribution in [0.2, 0.25) is 0 Å². The topological polar surface area (TPSA) is 60.5 Å². The molecule has 0 aliphatic heterocycles. The normalized spacial score (nSPS) is 10.7. The van der Waals surface area contributed by atoms with Gasteiger partial charge in [0.1, 0.15) is 29.6 Å². The zero-order valence-corrected chi connectivity index (χ0v) is 16.4. The molecule has 0 saturated carbocycles. The molecular formula is C23H20FN3O3. The Bertz CT molecular complexity index is 1110. The largest absolute Gasteiger partial charge is 0.492 e. The molecule has 2 heterocycles. The van der Waals surface area contributed by atoms with E-state index in [0.29, 0.717) is 29.4 Å². The smallest absolute Gasteiger partial charge is 0.272 e. The molecule has 6 nitrogen and oxygen atoms in total. The molecule has 0 fully saturated rings. The van der Waals surface area contributed by atoms with E-state index in [9.17, 15) is 9.18 Å². The molecule has 152 valence electrons. The maximum Gasteiger partial charge on any atom is 0.272 e. The van der Waals surface area contributed by atoms with Gasteiger partial charge in [0.25, 0.3) is 5.91 Å². The Morgan fingerprint density at radius 3 is 2.57 bits per heavy atom. The maximum absolute atomic E-state index is 13.1. The minimum atomic E-state index is -0.323. The van der Waals surface area contributed by atoms with Gasteiger partial charge in [-0.15, -0.1) is 0 Å². The van der Waals surface area contributed by atoms with Crippen molar-refractivity contribution in [1.82, 2.24) is 14.7 Å². The van der Waals surface area contributed by atoms with Gasteiger partial charge < -0.3 is 14.1 Å². The van der Waals surface area contributed by atoms with Crippen LogP contribution in [0.15, 0.2) is 83.5 Å². The van der Waals surface area contributed by atoms with Crippen LogP contribution in [0.5, 0.6) is 5.75 Å². The molecule has 0 spiro atoms. The minimum Gasteiger partial charge on any atom is -0.492 e. The van der Waals surface area contributed by atoms with Crippen molar-refractivity contribution in [3.05, 3.63) is 90.6 Å². The van der Waals surface area contributed by atoms with Gasteiger partial charge in [-0.25, -0.2) is 9.07 Å². The summed E-state index contributed by atoms with van der Waals surface area (Å²) >= 11 is 0. The van der Waals surface area contributed by atoms with Gasteiger partial charge in [-0.05, 0) is 48.5 Å². The number of halogens is 1. The first-order valence-electron chi connectivity index (χ1n) is 9.45. The summed E-state index contributed by atoms with van der Waals surface area (Å²) in [5.74, 6) is 0.607. The molecule has 1 amide bonds. The molecule has 0 saturated heterocycles. The van der Waals surface area contributed by atoms with Gasteiger partial charge in [0.15, 0.2) is 5.76 Å². The number of carbonyl (C=O) groups is 1. The quantitative estimate of drug-likeness (QED) is 0.457. The van der Waals surface area contributed by atoms with Gasteiger partial charge in [0.05, 0.1) is 18.5 Å². The fourth-order valence-electron chi connectivity index (χ4n) is 2.97. The predicted octanol–water partition coefficient (Wildman–Crippen LogP) is 4.42. The molecule has 0 aliphatic carbocycles. The molecule has 0 unspecified atom stereocenters. The summed E-state index contributed by atoms with van der Waals surface area (Å²) in [6, 6.07) is 20.5. The zero-order chi connectivity index (χ0) is 20.9. The number of aromatic nitrogens is 2. The van der Waals surface area contributed by atoms with Crippen molar-refractivity contribution < 1.29 is 18.3 Å². The molecule has 2 aromatic heterocycles. The van der Waals surface area contributed by atoms with Crippen LogP contribution < -0.4 is 4.74 Å². The average molecular weight is 405 g/mol. The Morgan fingerprint density at radius 2 is 1.87 bits per heavy atom. The molecule has 2 aromatic carbocycles. The van der Waals surface area contributed by atoms with E-state index in [4.69, 9.17) is 9.15 Å². The summed E-state index contributed by atoms with van der Waals surface area (Å²) in [6.07, 6.45) is 1.57. The lowest BCUT2D eigenvalue weighted by Gasteiger charge is -2.18. The summed E-state index contributed by atoms with van der Waals surface area (Å²) < 4.78 is 25.6. The van der Waals surface area contributed by atoms with Gasteiger partial charge in [-0.1, -0.05) is 18.2 Å². The third-order valence-electron chi connectivity index (χ3n) is 4.56. The van der Waals surface area contributed by atoms with Crippen LogP contribution in [0.3, 0.4) is 0 Å². The third-order valence-corrected chi connectivity index (χ3v) is 4.56. The van der Waals surface area contributed by atoms with Crippen molar-refractivity contribution in [2.24, 2.45) is 0 Å². The average Bonchev–Trinajstić information content (AvgIpc) is 3.45. The van der Waals surface area contributed by atoms with Crippen molar-refractivity contribution in [2.75, 3.05) is 20.2 Å². The van der Waals surface area contributed by atoms with Gasteiger partial charge >= 0.3 is 0 Å². The van der Waals surface area contributed by atoms with Crippen LogP contribution in [0.1, 0.15) is 10.5 Å². The molecule has 0 radical (unpaired) electrons. The fraction of sp³-hybridized carbons (Fsp3) is 0.130. The highest BCUT2D eigenvalue weighted by Crippen LogP contribution is 2.23. The van der Waals surface area contributed by atoms with E-state index in [2.05, 4.69) is 5.10 Å². The number of hydrogen-bond acceptors (Lipinski definition) is 4. The lowest BCUT2D eigenvalue weighted by Crippen LogP contribution is -2.32. The number of rotatable bonds is 7. The van der Waals surface area contributed by atoms with E-state index in [0.717, 1.165) is 5.69 Å². The number of amides is 1. The number of ether oxygens (including phenoxy) is 1. The lowest BCUT2D eigenvalue weighted by atomic mass is 10.2. The van der Waals surface area contributed by atoms with Crippen molar-refractivity contribution >= 4 is 5.91 Å². The Morgan fingerprint density at radius 1 is 1.10 bits per heavy atom. The predicted molar refractivity (Wildman–Crippen MR) is 110 cm³/mol. The number of nitrogens with zero attached hydrogens (tertiary/aromatic N) is 3. The van der Waals surface area contributed by atoms with E-state index in [-0.39, 0.29) is 18.3 Å². The molecule has 0 aliphatic rings. The number of carbonyl (C=O) groups excluding carboxylic acids is 1. The Kier molecular flexibility index (Phi) is 5.61. The van der Waals surface area contributed by atoms with Gasteiger partial charge in [0, 0.05) is 13.1 Å². The first-order valence-corrected chi connectivity index (χ1v) is 9.45. The number of likely N-dealkylation sites (N-methyl/N-ethyl adjacent to an activating group) is 1. The van der Waals surface area contributed by atoms with Gasteiger partial charge in [-0.3, -0.25) is 4.79 Å². The monoisotopic (exact) mass is 405 g/mol. The van der Waals surface area contributed by atoms with E-state index in [1.54, 1.807) is 53.2 Å². The summed E-state index contributed by atoms with van der Waals surface area (Å²) in [5, 5.41) is 4.57. The Balaban J connectivity index is 1.52. The van der Waals surface area contributed by atoms with Crippen LogP contribution in [0.25, 0.3) is 17.1 Å². The summed E-state index contributed by atoms with van der Waals surface area (Å²) in [4.78, 5) is 14.7. The molecule has 0 N–H and O–H groups in total. The fourth-order valence-corrected chi connectivity index (χ4v) is 2.97. The minimum absolute atomic E-state index is 0.202. The SMILES string of the molecule is CN(CCOc1ccc(F)cc1)C(=O)c1cc(-c2ccco2)nn1-c1ccccc1. The standard InChI is InChI=1S/C23H20FN3O3/c1-26(13-15-29-19-11-9-17(24)10-12-19)23(28)21-16-20(22-8-5-14-30-22)25-27(21)18-6-3-2-4-7-18/h2-12,14,16H,13,15H2,1H3. The summed E-state index contributed by atoms with van der Waals surface area (Å²) in [5.41, 5.74) is 1.76. The highest BCUT2D eigenvalue weighted by Gasteiger charge is 2.21. The highest BCUT2D eigenvalue weighted by molar-refractivity contribution is 5.94. The molecule has 4 rings (SSSR count). The number of para-hydroxylation sites is 1. The summed E-state index contributed by atoms with van der Waals surface area (Å²) in [7, 11) is 1.70. The van der Waals surface area contributed by atoms with Crippen molar-refractivity contribution in [3.63, 3.8) is 0 Å². The van der Waals surface area contributed by atoms with Gasteiger partial charge in [0.2, 0.25) is 0 Å².